The summed E-state index contributed by atoms with van der Waals surface area (Å²) < 4.78 is 4.93. The second-order valence-electron chi connectivity index (χ2n) is 4.49. The molecule has 2 aromatic heterocycles. The highest BCUT2D eigenvalue weighted by Gasteiger charge is 2.17. The van der Waals surface area contributed by atoms with Gasteiger partial charge in [0.1, 0.15) is 4.88 Å². The van der Waals surface area contributed by atoms with Gasteiger partial charge in [0, 0.05) is 6.42 Å². The molecule has 0 fully saturated rings. The lowest BCUT2D eigenvalue weighted by Crippen LogP contribution is -2.15. The number of rotatable bonds is 6. The van der Waals surface area contributed by atoms with Gasteiger partial charge in [-0.3, -0.25) is 9.78 Å². The van der Waals surface area contributed by atoms with E-state index in [0.717, 1.165) is 11.3 Å². The lowest BCUT2D eigenvalue weighted by atomic mass is 10.2. The van der Waals surface area contributed by atoms with Gasteiger partial charge in [-0.15, -0.1) is 6.58 Å². The van der Waals surface area contributed by atoms with Crippen molar-refractivity contribution in [1.82, 2.24) is 15.0 Å². The zero-order chi connectivity index (χ0) is 17.0. The first kappa shape index (κ1) is 16.7. The van der Waals surface area contributed by atoms with Gasteiger partial charge in [0.05, 0.1) is 17.9 Å². The van der Waals surface area contributed by atoms with E-state index < -0.39 is 11.5 Å². The zero-order valence-electron chi connectivity index (χ0n) is 12.7. The Morgan fingerprint density at radius 3 is 2.87 bits per heavy atom. The Morgan fingerprint density at radius 1 is 1.52 bits per heavy atom. The van der Waals surface area contributed by atoms with E-state index in [1.165, 1.54) is 6.08 Å². The van der Waals surface area contributed by atoms with Crippen LogP contribution in [-0.2, 0) is 11.2 Å². The van der Waals surface area contributed by atoms with Crippen LogP contribution in [0, 0.1) is 6.92 Å². The summed E-state index contributed by atoms with van der Waals surface area (Å²) in [6.45, 7) is 7.18. The van der Waals surface area contributed by atoms with Gasteiger partial charge in [-0.1, -0.05) is 17.4 Å². The standard InChI is InChI=1S/C14H16N4O4S/c1-4-6-8-10(19)16-13(17-11(8)20)18-14-15-7(3)9(23-14)12(21)22-5-2/h4H,1,5-6H2,2-3H3,(H3,15,16,17,18,19,20). The van der Waals surface area contributed by atoms with Crippen molar-refractivity contribution >= 4 is 28.4 Å². The number of thiazole rings is 1. The molecular formula is C14H16N4O4S. The quantitative estimate of drug-likeness (QED) is 0.544. The predicted molar refractivity (Wildman–Crippen MR) is 86.5 cm³/mol. The van der Waals surface area contributed by atoms with Gasteiger partial charge in [0.15, 0.2) is 5.13 Å². The molecule has 23 heavy (non-hydrogen) atoms. The third-order valence-electron chi connectivity index (χ3n) is 2.82. The number of hydrogen-bond acceptors (Lipinski definition) is 8. The van der Waals surface area contributed by atoms with Crippen molar-refractivity contribution in [2.24, 2.45) is 0 Å². The first-order valence-electron chi connectivity index (χ1n) is 6.80. The highest BCUT2D eigenvalue weighted by atomic mass is 32.1. The number of carbonyl (C=O) groups is 1. The van der Waals surface area contributed by atoms with E-state index in [1.54, 1.807) is 13.8 Å². The molecule has 0 saturated carbocycles. The minimum Gasteiger partial charge on any atom is -0.493 e. The van der Waals surface area contributed by atoms with Gasteiger partial charge in [0.2, 0.25) is 11.8 Å². The summed E-state index contributed by atoms with van der Waals surface area (Å²) in [4.78, 5) is 34.5. The average Bonchev–Trinajstić information content (AvgIpc) is 2.84. The monoisotopic (exact) mass is 336 g/mol. The highest BCUT2D eigenvalue weighted by molar-refractivity contribution is 7.17. The van der Waals surface area contributed by atoms with Gasteiger partial charge in [-0.2, -0.15) is 4.98 Å². The Labute approximate surface area is 135 Å². The first-order valence-corrected chi connectivity index (χ1v) is 7.62. The molecule has 0 unspecified atom stereocenters. The minimum absolute atomic E-state index is 0.0319. The van der Waals surface area contributed by atoms with E-state index in [-0.39, 0.29) is 30.4 Å². The van der Waals surface area contributed by atoms with Crippen LogP contribution >= 0.6 is 11.3 Å². The Bertz CT molecular complexity index is 797. The van der Waals surface area contributed by atoms with Crippen LogP contribution in [-0.4, -0.2) is 32.6 Å². The van der Waals surface area contributed by atoms with Crippen molar-refractivity contribution in [3.63, 3.8) is 0 Å². The van der Waals surface area contributed by atoms with E-state index in [1.807, 2.05) is 0 Å². The van der Waals surface area contributed by atoms with Crippen LogP contribution in [0.2, 0.25) is 0 Å². The van der Waals surface area contributed by atoms with Crippen molar-refractivity contribution in [2.75, 3.05) is 11.9 Å². The number of aromatic hydroxyl groups is 1. The molecule has 0 bridgehead atoms. The molecule has 122 valence electrons. The van der Waals surface area contributed by atoms with Crippen LogP contribution in [0.3, 0.4) is 0 Å². The Balaban J connectivity index is 2.26. The summed E-state index contributed by atoms with van der Waals surface area (Å²) in [6, 6.07) is 0. The van der Waals surface area contributed by atoms with Gasteiger partial charge in [-0.05, 0) is 13.8 Å². The SMILES string of the molecule is C=CCc1c(O)nc(Nc2nc(C)c(C(=O)OCC)s2)[nH]c1=O. The van der Waals surface area contributed by atoms with Crippen molar-refractivity contribution in [2.45, 2.75) is 20.3 Å². The number of allylic oxidation sites excluding steroid dienone is 1. The molecule has 0 aromatic carbocycles. The Morgan fingerprint density at radius 2 is 2.26 bits per heavy atom. The third kappa shape index (κ3) is 3.75. The molecule has 2 rings (SSSR count). The number of H-pyrrole nitrogens is 1. The van der Waals surface area contributed by atoms with Crippen molar-refractivity contribution in [3.05, 3.63) is 39.1 Å². The summed E-state index contributed by atoms with van der Waals surface area (Å²) in [5.74, 6) is -0.805. The fourth-order valence-electron chi connectivity index (χ4n) is 1.81. The molecule has 3 N–H and O–H groups in total. The number of hydrogen-bond donors (Lipinski definition) is 3. The highest BCUT2D eigenvalue weighted by Crippen LogP contribution is 2.25. The van der Waals surface area contributed by atoms with Crippen LogP contribution in [0.5, 0.6) is 5.88 Å². The molecule has 0 aliphatic heterocycles. The fourth-order valence-corrected chi connectivity index (χ4v) is 2.67. The van der Waals surface area contributed by atoms with Crippen molar-refractivity contribution in [3.8, 4) is 5.88 Å². The number of esters is 1. The molecule has 0 radical (unpaired) electrons. The van der Waals surface area contributed by atoms with E-state index in [4.69, 9.17) is 4.74 Å². The summed E-state index contributed by atoms with van der Waals surface area (Å²) in [7, 11) is 0. The number of nitrogens with zero attached hydrogens (tertiary/aromatic N) is 2. The molecule has 0 aliphatic rings. The molecule has 2 aromatic rings. The summed E-state index contributed by atoms with van der Waals surface area (Å²) in [5, 5.41) is 12.9. The van der Waals surface area contributed by atoms with Gasteiger partial charge < -0.3 is 15.2 Å². The first-order chi connectivity index (χ1) is 11.0. The molecule has 9 heteroatoms. The molecule has 0 amide bonds. The number of aromatic amines is 1. The molecule has 0 spiro atoms. The molecule has 0 atom stereocenters. The Hall–Kier alpha value is -2.68. The second-order valence-corrected chi connectivity index (χ2v) is 5.49. The maximum absolute atomic E-state index is 11.9. The molecule has 2 heterocycles. The lowest BCUT2D eigenvalue weighted by Gasteiger charge is -2.04. The molecule has 0 saturated heterocycles. The van der Waals surface area contributed by atoms with Crippen LogP contribution in [0.15, 0.2) is 17.4 Å². The third-order valence-corrected chi connectivity index (χ3v) is 3.88. The predicted octanol–water partition coefficient (Wildman–Crippen LogP) is 1.89. The number of aromatic nitrogens is 3. The van der Waals surface area contributed by atoms with Crippen LogP contribution in [0.1, 0.15) is 27.9 Å². The smallest absolute Gasteiger partial charge is 0.350 e. The number of ether oxygens (including phenoxy) is 1. The van der Waals surface area contributed by atoms with E-state index in [2.05, 4.69) is 26.8 Å². The largest absolute Gasteiger partial charge is 0.493 e. The number of anilines is 2. The van der Waals surface area contributed by atoms with Gasteiger partial charge in [0.25, 0.3) is 5.56 Å². The topological polar surface area (TPSA) is 117 Å². The fraction of sp³-hybridized carbons (Fsp3) is 0.286. The molecule has 0 aliphatic carbocycles. The Kier molecular flexibility index (Phi) is 5.12. The van der Waals surface area contributed by atoms with Crippen LogP contribution < -0.4 is 10.9 Å². The average molecular weight is 336 g/mol. The van der Waals surface area contributed by atoms with Gasteiger partial charge >= 0.3 is 5.97 Å². The second kappa shape index (κ2) is 7.05. The summed E-state index contributed by atoms with van der Waals surface area (Å²) >= 11 is 1.07. The van der Waals surface area contributed by atoms with E-state index >= 15 is 0 Å². The minimum atomic E-state index is -0.473. The van der Waals surface area contributed by atoms with Crippen LogP contribution in [0.4, 0.5) is 11.1 Å². The van der Waals surface area contributed by atoms with E-state index in [0.29, 0.717) is 15.7 Å². The van der Waals surface area contributed by atoms with Gasteiger partial charge in [-0.25, -0.2) is 9.78 Å². The maximum Gasteiger partial charge on any atom is 0.350 e. The summed E-state index contributed by atoms with van der Waals surface area (Å²) in [5.41, 5.74) is 0.165. The normalized spacial score (nSPS) is 10.3. The molecule has 8 nitrogen and oxygen atoms in total. The lowest BCUT2D eigenvalue weighted by molar-refractivity contribution is 0.0531. The summed E-state index contributed by atoms with van der Waals surface area (Å²) in [6.07, 6.45) is 1.70. The van der Waals surface area contributed by atoms with Crippen molar-refractivity contribution in [1.29, 1.82) is 0 Å². The van der Waals surface area contributed by atoms with Crippen LogP contribution in [0.25, 0.3) is 0 Å². The number of nitrogens with one attached hydrogen (secondary N) is 2. The number of aryl methyl sites for hydroxylation is 1. The molecular weight excluding hydrogens is 320 g/mol. The zero-order valence-corrected chi connectivity index (χ0v) is 13.5. The van der Waals surface area contributed by atoms with E-state index in [9.17, 15) is 14.7 Å². The number of carbonyl (C=O) groups excluding carboxylic acids is 1. The maximum atomic E-state index is 11.9. The van der Waals surface area contributed by atoms with Crippen molar-refractivity contribution < 1.29 is 14.6 Å².